The van der Waals surface area contributed by atoms with E-state index < -0.39 is 0 Å². The van der Waals surface area contributed by atoms with Crippen LogP contribution in [0.4, 0.5) is 4.39 Å². The number of ether oxygens (including phenoxy) is 1. The molecule has 28 heavy (non-hydrogen) atoms. The van der Waals surface area contributed by atoms with Gasteiger partial charge in [0.05, 0.1) is 13.4 Å². The molecule has 1 aromatic heterocycles. The summed E-state index contributed by atoms with van der Waals surface area (Å²) in [6.07, 6.45) is 3.24. The molecule has 5 heteroatoms. The predicted molar refractivity (Wildman–Crippen MR) is 110 cm³/mol. The number of hydrogen-bond donors (Lipinski definition) is 1. The van der Waals surface area contributed by atoms with Crippen molar-refractivity contribution < 1.29 is 18.3 Å². The maximum atomic E-state index is 13.3. The molecule has 0 fully saturated rings. The number of halogens is 1. The standard InChI is InChI=1S/C23H24FNO3/c1-13(2)25-21(26)10-14(3)18-11-19-20(16-6-8-17(24)9-7-16)12-28-23(19)15(4)22(18)27-5/h6-13H,1-5H3,(H,25,26)/b14-10+. The maximum Gasteiger partial charge on any atom is 0.244 e. The first-order chi connectivity index (χ1) is 13.3. The lowest BCUT2D eigenvalue weighted by Gasteiger charge is -2.14. The summed E-state index contributed by atoms with van der Waals surface area (Å²) in [6.45, 7) is 7.63. The average molecular weight is 381 g/mol. The molecule has 1 amide bonds. The highest BCUT2D eigenvalue weighted by molar-refractivity contribution is 6.01. The van der Waals surface area contributed by atoms with Gasteiger partial charge in [0.1, 0.15) is 17.1 Å². The minimum Gasteiger partial charge on any atom is -0.496 e. The SMILES string of the molecule is COc1c(/C(C)=C/C(=O)NC(C)C)cc2c(-c3ccc(F)cc3)coc2c1C. The van der Waals surface area contributed by atoms with E-state index in [0.717, 1.165) is 33.2 Å². The van der Waals surface area contributed by atoms with Crippen LogP contribution in [0.5, 0.6) is 5.75 Å². The van der Waals surface area contributed by atoms with E-state index in [0.29, 0.717) is 11.3 Å². The molecule has 0 atom stereocenters. The third-order valence-electron chi connectivity index (χ3n) is 4.61. The summed E-state index contributed by atoms with van der Waals surface area (Å²) in [5.41, 5.74) is 4.87. The van der Waals surface area contributed by atoms with Crippen LogP contribution in [0.2, 0.25) is 0 Å². The molecule has 1 heterocycles. The van der Waals surface area contributed by atoms with Gasteiger partial charge < -0.3 is 14.5 Å². The van der Waals surface area contributed by atoms with Crippen LogP contribution >= 0.6 is 0 Å². The Balaban J connectivity index is 2.17. The van der Waals surface area contributed by atoms with Gasteiger partial charge in [-0.25, -0.2) is 4.39 Å². The number of amides is 1. The summed E-state index contributed by atoms with van der Waals surface area (Å²) in [4.78, 5) is 12.2. The molecule has 0 aliphatic rings. The van der Waals surface area contributed by atoms with Gasteiger partial charge in [0.2, 0.25) is 5.91 Å². The summed E-state index contributed by atoms with van der Waals surface area (Å²) in [7, 11) is 1.60. The number of carbonyl (C=O) groups is 1. The topological polar surface area (TPSA) is 51.5 Å². The van der Waals surface area contributed by atoms with Crippen LogP contribution in [0.15, 0.2) is 47.1 Å². The third-order valence-corrected chi connectivity index (χ3v) is 4.61. The number of nitrogens with one attached hydrogen (secondary N) is 1. The molecule has 2 aromatic carbocycles. The molecule has 1 N–H and O–H groups in total. The molecule has 0 spiro atoms. The minimum atomic E-state index is -0.287. The lowest BCUT2D eigenvalue weighted by atomic mass is 9.96. The van der Waals surface area contributed by atoms with Crippen molar-refractivity contribution >= 4 is 22.4 Å². The molecule has 3 rings (SSSR count). The van der Waals surface area contributed by atoms with Crippen LogP contribution in [-0.4, -0.2) is 19.1 Å². The summed E-state index contributed by atoms with van der Waals surface area (Å²) >= 11 is 0. The average Bonchev–Trinajstić information content (AvgIpc) is 3.05. The van der Waals surface area contributed by atoms with E-state index in [4.69, 9.17) is 9.15 Å². The van der Waals surface area contributed by atoms with E-state index in [2.05, 4.69) is 5.32 Å². The predicted octanol–water partition coefficient (Wildman–Crippen LogP) is 5.48. The fraction of sp³-hybridized carbons (Fsp3) is 0.261. The summed E-state index contributed by atoms with van der Waals surface area (Å²) in [6, 6.07) is 8.30. The number of allylic oxidation sites excluding steroid dienone is 1. The van der Waals surface area contributed by atoms with E-state index in [1.807, 2.05) is 33.8 Å². The minimum absolute atomic E-state index is 0.0571. The van der Waals surface area contributed by atoms with Gasteiger partial charge in [0.15, 0.2) is 0 Å². The first kappa shape index (κ1) is 19.7. The Morgan fingerprint density at radius 1 is 1.25 bits per heavy atom. The van der Waals surface area contributed by atoms with Crippen molar-refractivity contribution in [3.8, 4) is 16.9 Å². The second-order valence-corrected chi connectivity index (χ2v) is 7.11. The zero-order valence-corrected chi connectivity index (χ0v) is 16.7. The first-order valence-corrected chi connectivity index (χ1v) is 9.15. The van der Waals surface area contributed by atoms with E-state index in [-0.39, 0.29) is 17.8 Å². The maximum absolute atomic E-state index is 13.3. The van der Waals surface area contributed by atoms with Crippen LogP contribution in [0.1, 0.15) is 31.9 Å². The van der Waals surface area contributed by atoms with Crippen LogP contribution in [0, 0.1) is 12.7 Å². The van der Waals surface area contributed by atoms with E-state index >= 15 is 0 Å². The number of carbonyl (C=O) groups excluding carboxylic acids is 1. The lowest BCUT2D eigenvalue weighted by molar-refractivity contribution is -0.116. The van der Waals surface area contributed by atoms with Crippen molar-refractivity contribution in [3.05, 3.63) is 59.6 Å². The highest BCUT2D eigenvalue weighted by Crippen LogP contribution is 2.40. The Kier molecular flexibility index (Phi) is 5.54. The van der Waals surface area contributed by atoms with Gasteiger partial charge in [-0.1, -0.05) is 12.1 Å². The van der Waals surface area contributed by atoms with Gasteiger partial charge in [-0.05, 0) is 57.0 Å². The number of fused-ring (bicyclic) bond motifs is 1. The summed E-state index contributed by atoms with van der Waals surface area (Å²) < 4.78 is 24.7. The molecule has 0 unspecified atom stereocenters. The van der Waals surface area contributed by atoms with Gasteiger partial charge in [-0.3, -0.25) is 4.79 Å². The Morgan fingerprint density at radius 3 is 2.54 bits per heavy atom. The normalized spacial score (nSPS) is 11.9. The Labute approximate surface area is 164 Å². The number of benzene rings is 2. The molecule has 146 valence electrons. The van der Waals surface area contributed by atoms with Crippen molar-refractivity contribution in [2.75, 3.05) is 7.11 Å². The number of furan rings is 1. The molecular weight excluding hydrogens is 357 g/mol. The second-order valence-electron chi connectivity index (χ2n) is 7.11. The molecule has 0 saturated heterocycles. The molecule has 0 bridgehead atoms. The van der Waals surface area contributed by atoms with Crippen molar-refractivity contribution in [2.24, 2.45) is 0 Å². The Hall–Kier alpha value is -3.08. The molecular formula is C23H24FNO3. The van der Waals surface area contributed by atoms with E-state index in [1.165, 1.54) is 12.1 Å². The van der Waals surface area contributed by atoms with Crippen LogP contribution in [0.25, 0.3) is 27.7 Å². The summed E-state index contributed by atoms with van der Waals surface area (Å²) in [5, 5.41) is 3.75. The van der Waals surface area contributed by atoms with E-state index in [1.54, 1.807) is 31.6 Å². The first-order valence-electron chi connectivity index (χ1n) is 9.15. The number of rotatable bonds is 5. The molecule has 0 radical (unpaired) electrons. The van der Waals surface area contributed by atoms with Crippen molar-refractivity contribution in [1.82, 2.24) is 5.32 Å². The monoisotopic (exact) mass is 381 g/mol. The highest BCUT2D eigenvalue weighted by atomic mass is 19.1. The largest absolute Gasteiger partial charge is 0.496 e. The quantitative estimate of drug-likeness (QED) is 0.595. The van der Waals surface area contributed by atoms with Crippen molar-refractivity contribution in [3.63, 3.8) is 0 Å². The van der Waals surface area contributed by atoms with Gasteiger partial charge in [-0.2, -0.15) is 0 Å². The zero-order chi connectivity index (χ0) is 20.4. The molecule has 3 aromatic rings. The van der Waals surface area contributed by atoms with Crippen molar-refractivity contribution in [1.29, 1.82) is 0 Å². The van der Waals surface area contributed by atoms with Crippen molar-refractivity contribution in [2.45, 2.75) is 33.7 Å². The van der Waals surface area contributed by atoms with Gasteiger partial charge in [-0.15, -0.1) is 0 Å². The number of aryl methyl sites for hydroxylation is 1. The highest BCUT2D eigenvalue weighted by Gasteiger charge is 2.19. The molecule has 0 aliphatic heterocycles. The molecule has 0 saturated carbocycles. The van der Waals surface area contributed by atoms with Gasteiger partial charge >= 0.3 is 0 Å². The molecule has 0 aliphatic carbocycles. The summed E-state index contributed by atoms with van der Waals surface area (Å²) in [5.74, 6) is 0.224. The van der Waals surface area contributed by atoms with Crippen LogP contribution in [0.3, 0.4) is 0 Å². The molecule has 4 nitrogen and oxygen atoms in total. The Bertz CT molecular complexity index is 1050. The zero-order valence-electron chi connectivity index (χ0n) is 16.7. The van der Waals surface area contributed by atoms with Crippen LogP contribution in [-0.2, 0) is 4.79 Å². The number of methoxy groups -OCH3 is 1. The van der Waals surface area contributed by atoms with Crippen LogP contribution < -0.4 is 10.1 Å². The van der Waals surface area contributed by atoms with E-state index in [9.17, 15) is 9.18 Å². The lowest BCUT2D eigenvalue weighted by Crippen LogP contribution is -2.28. The number of hydrogen-bond acceptors (Lipinski definition) is 3. The smallest absolute Gasteiger partial charge is 0.244 e. The third kappa shape index (κ3) is 3.79. The van der Waals surface area contributed by atoms with Gasteiger partial charge in [0, 0.05) is 34.2 Å². The van der Waals surface area contributed by atoms with Gasteiger partial charge in [0.25, 0.3) is 0 Å². The fourth-order valence-electron chi connectivity index (χ4n) is 3.33. The Morgan fingerprint density at radius 2 is 1.93 bits per heavy atom. The fourth-order valence-corrected chi connectivity index (χ4v) is 3.33. The second kappa shape index (κ2) is 7.89.